The number of thioether (sulfide) groups is 1. The van der Waals surface area contributed by atoms with Gasteiger partial charge in [0.1, 0.15) is 0 Å². The van der Waals surface area contributed by atoms with Crippen LogP contribution in [0.25, 0.3) is 0 Å². The summed E-state index contributed by atoms with van der Waals surface area (Å²) in [5.74, 6) is 0.582. The number of amides is 1. The molecule has 2 rings (SSSR count). The van der Waals surface area contributed by atoms with Crippen LogP contribution >= 0.6 is 11.8 Å². The summed E-state index contributed by atoms with van der Waals surface area (Å²) in [4.78, 5) is 14.7. The molecule has 0 bridgehead atoms. The summed E-state index contributed by atoms with van der Waals surface area (Å²) in [6.45, 7) is 7.31. The van der Waals surface area contributed by atoms with Crippen molar-refractivity contribution in [3.63, 3.8) is 0 Å². The summed E-state index contributed by atoms with van der Waals surface area (Å²) in [5, 5.41) is 3.10. The molecule has 1 aliphatic rings. The van der Waals surface area contributed by atoms with Crippen molar-refractivity contribution in [1.29, 1.82) is 0 Å². The Kier molecular flexibility index (Phi) is 7.17. The number of nitrogens with zero attached hydrogens (tertiary/aromatic N) is 1. The quantitative estimate of drug-likeness (QED) is 0.792. The van der Waals surface area contributed by atoms with E-state index in [1.165, 1.54) is 37.7 Å². The molecule has 1 N–H and O–H groups in total. The van der Waals surface area contributed by atoms with Gasteiger partial charge < -0.3 is 5.32 Å². The molecular weight excluding hydrogens is 316 g/mol. The molecular formula is C20H32N2OS. The van der Waals surface area contributed by atoms with Crippen LogP contribution in [-0.2, 0) is 11.3 Å². The van der Waals surface area contributed by atoms with Gasteiger partial charge in [-0.25, -0.2) is 0 Å². The van der Waals surface area contributed by atoms with E-state index in [1.54, 1.807) is 11.8 Å². The molecule has 134 valence electrons. The lowest BCUT2D eigenvalue weighted by Crippen LogP contribution is -2.33. The minimum atomic E-state index is 0.0858. The second-order valence-electron chi connectivity index (χ2n) is 7.81. The van der Waals surface area contributed by atoms with Crippen molar-refractivity contribution in [3.05, 3.63) is 29.8 Å². The monoisotopic (exact) mass is 348 g/mol. The fraction of sp³-hybridized carbons (Fsp3) is 0.650. The average molecular weight is 349 g/mol. The highest BCUT2D eigenvalue weighted by Gasteiger charge is 2.19. The first-order valence-electron chi connectivity index (χ1n) is 9.07. The Morgan fingerprint density at radius 2 is 1.88 bits per heavy atom. The maximum atomic E-state index is 12.3. The standard InChI is InChI=1S/C20H32N2OS/c1-20(2,3)24-15-19(23)21-18-13-9-8-10-16(18)14-22(4)17-11-6-5-7-12-17/h8-10,13,17H,5-7,11-12,14-15H2,1-4H3,(H,21,23). The van der Waals surface area contributed by atoms with Crippen LogP contribution in [0.3, 0.4) is 0 Å². The Labute approximate surface area is 151 Å². The maximum Gasteiger partial charge on any atom is 0.234 e. The zero-order valence-electron chi connectivity index (χ0n) is 15.6. The van der Waals surface area contributed by atoms with Crippen LogP contribution in [0.1, 0.15) is 58.4 Å². The number of rotatable bonds is 6. The van der Waals surface area contributed by atoms with Crippen LogP contribution < -0.4 is 5.32 Å². The van der Waals surface area contributed by atoms with E-state index in [1.807, 2.05) is 12.1 Å². The van der Waals surface area contributed by atoms with Crippen molar-refractivity contribution >= 4 is 23.4 Å². The zero-order valence-corrected chi connectivity index (χ0v) is 16.4. The van der Waals surface area contributed by atoms with Crippen LogP contribution in [0.5, 0.6) is 0 Å². The molecule has 3 nitrogen and oxygen atoms in total. The summed E-state index contributed by atoms with van der Waals surface area (Å²) in [6, 6.07) is 8.88. The number of benzene rings is 1. The Bertz CT molecular complexity index is 533. The Balaban J connectivity index is 1.95. The van der Waals surface area contributed by atoms with Gasteiger partial charge in [0.25, 0.3) is 0 Å². The van der Waals surface area contributed by atoms with E-state index < -0.39 is 0 Å². The summed E-state index contributed by atoms with van der Waals surface area (Å²) >= 11 is 1.68. The minimum Gasteiger partial charge on any atom is -0.325 e. The molecule has 0 unspecified atom stereocenters. The summed E-state index contributed by atoms with van der Waals surface area (Å²) in [7, 11) is 2.21. The SMILES string of the molecule is CN(Cc1ccccc1NC(=O)CSC(C)(C)C)C1CCCCC1. The predicted octanol–water partition coefficient (Wildman–Crippen LogP) is 4.92. The lowest BCUT2D eigenvalue weighted by atomic mass is 9.94. The third-order valence-electron chi connectivity index (χ3n) is 4.55. The van der Waals surface area contributed by atoms with Gasteiger partial charge in [-0.15, -0.1) is 11.8 Å². The van der Waals surface area contributed by atoms with E-state index in [0.717, 1.165) is 12.2 Å². The van der Waals surface area contributed by atoms with Crippen LogP contribution in [-0.4, -0.2) is 34.4 Å². The normalized spacial score (nSPS) is 16.4. The first-order valence-corrected chi connectivity index (χ1v) is 10.1. The van der Waals surface area contributed by atoms with Gasteiger partial charge in [-0.05, 0) is 31.5 Å². The molecule has 0 aliphatic heterocycles. The molecule has 1 aliphatic carbocycles. The fourth-order valence-corrected chi connectivity index (χ4v) is 3.80. The van der Waals surface area contributed by atoms with E-state index in [0.29, 0.717) is 11.8 Å². The largest absolute Gasteiger partial charge is 0.325 e. The number of para-hydroxylation sites is 1. The first kappa shape index (κ1) is 19.3. The second kappa shape index (κ2) is 8.91. The molecule has 1 aromatic carbocycles. The molecule has 0 saturated heterocycles. The average Bonchev–Trinajstić information content (AvgIpc) is 2.55. The molecule has 0 radical (unpaired) electrons. The van der Waals surface area contributed by atoms with Gasteiger partial charge in [-0.3, -0.25) is 9.69 Å². The van der Waals surface area contributed by atoms with Gasteiger partial charge in [-0.2, -0.15) is 0 Å². The third kappa shape index (κ3) is 6.48. The molecule has 0 atom stereocenters. The van der Waals surface area contributed by atoms with E-state index in [9.17, 15) is 4.79 Å². The van der Waals surface area contributed by atoms with Crippen LogP contribution in [0.15, 0.2) is 24.3 Å². The lowest BCUT2D eigenvalue weighted by Gasteiger charge is -2.31. The number of hydrogen-bond acceptors (Lipinski definition) is 3. The van der Waals surface area contributed by atoms with Gasteiger partial charge in [-0.1, -0.05) is 58.2 Å². The lowest BCUT2D eigenvalue weighted by molar-refractivity contribution is -0.113. The smallest absolute Gasteiger partial charge is 0.234 e. The Hall–Kier alpha value is -1.000. The van der Waals surface area contributed by atoms with E-state index in [2.05, 4.69) is 50.2 Å². The Morgan fingerprint density at radius 3 is 2.54 bits per heavy atom. The maximum absolute atomic E-state index is 12.3. The number of hydrogen-bond donors (Lipinski definition) is 1. The number of anilines is 1. The van der Waals surface area contributed by atoms with Crippen molar-refractivity contribution in [2.45, 2.75) is 70.2 Å². The van der Waals surface area contributed by atoms with E-state index >= 15 is 0 Å². The highest BCUT2D eigenvalue weighted by atomic mass is 32.2. The van der Waals surface area contributed by atoms with E-state index in [-0.39, 0.29) is 10.7 Å². The van der Waals surface area contributed by atoms with Crippen LogP contribution in [0.2, 0.25) is 0 Å². The predicted molar refractivity (Wildman–Crippen MR) is 106 cm³/mol. The van der Waals surface area contributed by atoms with Gasteiger partial charge in [0, 0.05) is 23.0 Å². The van der Waals surface area contributed by atoms with Crippen molar-refractivity contribution in [3.8, 4) is 0 Å². The number of nitrogens with one attached hydrogen (secondary N) is 1. The fourth-order valence-electron chi connectivity index (χ4n) is 3.17. The number of carbonyl (C=O) groups is 1. The molecule has 24 heavy (non-hydrogen) atoms. The van der Waals surface area contributed by atoms with Crippen molar-refractivity contribution in [1.82, 2.24) is 4.90 Å². The van der Waals surface area contributed by atoms with Crippen molar-refractivity contribution < 1.29 is 4.79 Å². The van der Waals surface area contributed by atoms with Crippen molar-refractivity contribution in [2.24, 2.45) is 0 Å². The molecule has 0 spiro atoms. The molecule has 0 heterocycles. The van der Waals surface area contributed by atoms with Crippen molar-refractivity contribution in [2.75, 3.05) is 18.1 Å². The van der Waals surface area contributed by atoms with Crippen LogP contribution in [0.4, 0.5) is 5.69 Å². The molecule has 0 aromatic heterocycles. The van der Waals surface area contributed by atoms with Gasteiger partial charge in [0.2, 0.25) is 5.91 Å². The first-order chi connectivity index (χ1) is 11.3. The summed E-state index contributed by atoms with van der Waals surface area (Å²) in [6.07, 6.45) is 6.66. The van der Waals surface area contributed by atoms with Crippen LogP contribution in [0, 0.1) is 0 Å². The molecule has 1 amide bonds. The number of carbonyl (C=O) groups excluding carboxylic acids is 1. The summed E-state index contributed by atoms with van der Waals surface area (Å²) < 4.78 is 0.109. The molecule has 4 heteroatoms. The van der Waals surface area contributed by atoms with Gasteiger partial charge >= 0.3 is 0 Å². The summed E-state index contributed by atoms with van der Waals surface area (Å²) in [5.41, 5.74) is 2.17. The topological polar surface area (TPSA) is 32.3 Å². The molecule has 1 fully saturated rings. The zero-order chi connectivity index (χ0) is 17.6. The highest BCUT2D eigenvalue weighted by Crippen LogP contribution is 2.26. The Morgan fingerprint density at radius 1 is 1.21 bits per heavy atom. The molecule has 1 saturated carbocycles. The van der Waals surface area contributed by atoms with Gasteiger partial charge in [0.15, 0.2) is 0 Å². The third-order valence-corrected chi connectivity index (χ3v) is 5.82. The second-order valence-corrected chi connectivity index (χ2v) is 9.62. The highest BCUT2D eigenvalue weighted by molar-refractivity contribution is 8.01. The van der Waals surface area contributed by atoms with E-state index in [4.69, 9.17) is 0 Å². The molecule has 1 aromatic rings. The van der Waals surface area contributed by atoms with Gasteiger partial charge in [0.05, 0.1) is 5.75 Å². The minimum absolute atomic E-state index is 0.0858.